The van der Waals surface area contributed by atoms with Crippen molar-refractivity contribution in [1.29, 1.82) is 0 Å². The van der Waals surface area contributed by atoms with E-state index in [-0.39, 0.29) is 24.0 Å². The van der Waals surface area contributed by atoms with E-state index in [4.69, 9.17) is 9.47 Å². The van der Waals surface area contributed by atoms with Gasteiger partial charge in [-0.15, -0.1) is 0 Å². The van der Waals surface area contributed by atoms with E-state index >= 15 is 0 Å². The summed E-state index contributed by atoms with van der Waals surface area (Å²) in [5, 5.41) is 2.08. The monoisotopic (exact) mass is 427 g/mol. The average Bonchev–Trinajstić information content (AvgIpc) is 2.83. The molecule has 32 heavy (non-hydrogen) atoms. The fourth-order valence-corrected chi connectivity index (χ4v) is 5.05. The highest BCUT2D eigenvalue weighted by atomic mass is 16.5. The van der Waals surface area contributed by atoms with Crippen molar-refractivity contribution in [3.63, 3.8) is 0 Å². The number of carbonyl (C=O) groups is 2. The molecule has 1 aliphatic heterocycles. The number of ether oxygens (including phenoxy) is 2. The number of fused-ring (bicyclic) bond motifs is 1. The van der Waals surface area contributed by atoms with Gasteiger partial charge in [-0.2, -0.15) is 0 Å². The van der Waals surface area contributed by atoms with Crippen LogP contribution in [0, 0.1) is 0 Å². The molecule has 0 bridgehead atoms. The van der Waals surface area contributed by atoms with Gasteiger partial charge in [-0.1, -0.05) is 42.5 Å². The van der Waals surface area contributed by atoms with E-state index in [1.165, 1.54) is 0 Å². The maximum atomic E-state index is 13.6. The summed E-state index contributed by atoms with van der Waals surface area (Å²) in [6.45, 7) is 0. The molecule has 1 heterocycles. The van der Waals surface area contributed by atoms with Crippen molar-refractivity contribution in [1.82, 2.24) is 0 Å². The second-order valence-electron chi connectivity index (χ2n) is 8.23. The number of amides is 1. The van der Waals surface area contributed by atoms with Gasteiger partial charge in [0, 0.05) is 47.0 Å². The van der Waals surface area contributed by atoms with Crippen LogP contribution in [0.2, 0.25) is 0 Å². The fraction of sp³-hybridized carbons (Fsp3) is 0.259. The lowest BCUT2D eigenvalue weighted by Crippen LogP contribution is -2.40. The van der Waals surface area contributed by atoms with E-state index in [1.54, 1.807) is 19.1 Å². The minimum Gasteiger partial charge on any atom is -0.497 e. The van der Waals surface area contributed by atoms with Gasteiger partial charge in [-0.25, -0.2) is 0 Å². The Morgan fingerprint density at radius 1 is 0.906 bits per heavy atom. The molecule has 0 spiro atoms. The molecule has 3 aromatic rings. The molecule has 0 aromatic heterocycles. The van der Waals surface area contributed by atoms with Crippen molar-refractivity contribution < 1.29 is 19.1 Å². The molecule has 0 fully saturated rings. The number of anilines is 1. The third-order valence-corrected chi connectivity index (χ3v) is 6.50. The van der Waals surface area contributed by atoms with Crippen molar-refractivity contribution in [2.24, 2.45) is 0 Å². The number of Topliss-reactive ketones (excluding diaryl/α,β-unsaturated/α-hetero) is 1. The lowest BCUT2D eigenvalue weighted by molar-refractivity contribution is -0.119. The van der Waals surface area contributed by atoms with Crippen LogP contribution in [0.3, 0.4) is 0 Å². The maximum Gasteiger partial charge on any atom is 0.232 e. The fourth-order valence-electron chi connectivity index (χ4n) is 5.05. The standard InChI is InChI=1S/C27H25NO4/c1-31-18-13-14-20(25(15-18)32-2)21-16-26(30)28(23-11-6-12-24(29)27(21)23)22-10-5-8-17-7-3-4-9-19(17)22/h3-5,7-10,13-15,21H,6,11-12,16H2,1-2H3. The Bertz CT molecular complexity index is 1250. The van der Waals surface area contributed by atoms with Gasteiger partial charge in [0.25, 0.3) is 0 Å². The van der Waals surface area contributed by atoms with Crippen LogP contribution in [0.5, 0.6) is 11.5 Å². The number of benzene rings is 3. The van der Waals surface area contributed by atoms with Crippen LogP contribution >= 0.6 is 0 Å². The van der Waals surface area contributed by atoms with Crippen LogP contribution in [0.4, 0.5) is 5.69 Å². The number of hydrogen-bond donors (Lipinski definition) is 0. The van der Waals surface area contributed by atoms with E-state index < -0.39 is 0 Å². The van der Waals surface area contributed by atoms with Crippen LogP contribution < -0.4 is 14.4 Å². The first kappa shape index (κ1) is 20.3. The Kier molecular flexibility index (Phi) is 5.17. The van der Waals surface area contributed by atoms with E-state index in [2.05, 4.69) is 0 Å². The molecule has 3 aromatic carbocycles. The molecule has 1 amide bonds. The van der Waals surface area contributed by atoms with E-state index in [1.807, 2.05) is 60.7 Å². The number of methoxy groups -OCH3 is 2. The SMILES string of the molecule is COc1ccc(C2CC(=O)N(c3cccc4ccccc34)C3=C2C(=O)CCC3)c(OC)c1. The average molecular weight is 428 g/mol. The molecule has 2 aliphatic rings. The number of ketones is 1. The molecule has 0 saturated heterocycles. The number of carbonyl (C=O) groups excluding carboxylic acids is 2. The molecule has 1 aliphatic carbocycles. The normalized spacial score (nSPS) is 18.7. The first-order valence-electron chi connectivity index (χ1n) is 10.9. The van der Waals surface area contributed by atoms with Crippen molar-refractivity contribution in [3.8, 4) is 11.5 Å². The molecule has 0 radical (unpaired) electrons. The predicted octanol–water partition coefficient (Wildman–Crippen LogP) is 5.38. The highest BCUT2D eigenvalue weighted by Crippen LogP contribution is 2.47. The van der Waals surface area contributed by atoms with E-state index in [9.17, 15) is 9.59 Å². The molecule has 162 valence electrons. The van der Waals surface area contributed by atoms with E-state index in [0.717, 1.165) is 39.7 Å². The zero-order chi connectivity index (χ0) is 22.2. The topological polar surface area (TPSA) is 55.8 Å². The smallest absolute Gasteiger partial charge is 0.232 e. The van der Waals surface area contributed by atoms with Crippen LogP contribution in [-0.4, -0.2) is 25.9 Å². The zero-order valence-corrected chi connectivity index (χ0v) is 18.3. The lowest BCUT2D eigenvalue weighted by Gasteiger charge is -2.39. The highest BCUT2D eigenvalue weighted by molar-refractivity contribution is 6.11. The zero-order valence-electron chi connectivity index (χ0n) is 18.3. The Balaban J connectivity index is 1.70. The third-order valence-electron chi connectivity index (χ3n) is 6.50. The van der Waals surface area contributed by atoms with E-state index in [0.29, 0.717) is 24.3 Å². The molecular formula is C27H25NO4. The summed E-state index contributed by atoms with van der Waals surface area (Å²) < 4.78 is 11.0. The van der Waals surface area contributed by atoms with Gasteiger partial charge in [0.2, 0.25) is 5.91 Å². The molecule has 5 nitrogen and oxygen atoms in total. The second kappa shape index (κ2) is 8.15. The summed E-state index contributed by atoms with van der Waals surface area (Å²) in [6, 6.07) is 19.6. The summed E-state index contributed by atoms with van der Waals surface area (Å²) in [4.78, 5) is 28.6. The van der Waals surface area contributed by atoms with Crippen LogP contribution in [0.25, 0.3) is 10.8 Å². The number of nitrogens with zero attached hydrogens (tertiary/aromatic N) is 1. The van der Waals surface area contributed by atoms with Gasteiger partial charge < -0.3 is 9.47 Å². The van der Waals surface area contributed by atoms with Crippen molar-refractivity contribution in [3.05, 3.63) is 77.5 Å². The van der Waals surface area contributed by atoms with Crippen LogP contribution in [0.15, 0.2) is 71.9 Å². The van der Waals surface area contributed by atoms with Gasteiger partial charge in [0.1, 0.15) is 11.5 Å². The third kappa shape index (κ3) is 3.25. The Morgan fingerprint density at radius 3 is 2.53 bits per heavy atom. The molecule has 1 unspecified atom stereocenters. The number of hydrogen-bond acceptors (Lipinski definition) is 4. The van der Waals surface area contributed by atoms with Crippen LogP contribution in [0.1, 0.15) is 37.2 Å². The van der Waals surface area contributed by atoms with Gasteiger partial charge in [0.05, 0.1) is 19.9 Å². The summed E-state index contributed by atoms with van der Waals surface area (Å²) in [7, 11) is 3.20. The van der Waals surface area contributed by atoms with Crippen molar-refractivity contribution in [2.45, 2.75) is 31.6 Å². The van der Waals surface area contributed by atoms with Crippen molar-refractivity contribution >= 4 is 28.2 Å². The van der Waals surface area contributed by atoms with Gasteiger partial charge >= 0.3 is 0 Å². The lowest BCUT2D eigenvalue weighted by atomic mass is 9.76. The van der Waals surface area contributed by atoms with Gasteiger partial charge in [0.15, 0.2) is 5.78 Å². The minimum atomic E-state index is -0.322. The number of rotatable bonds is 4. The summed E-state index contributed by atoms with van der Waals surface area (Å²) in [5.74, 6) is 1.10. The Hall–Kier alpha value is -3.60. The minimum absolute atomic E-state index is 0.00215. The Labute approximate surface area is 187 Å². The van der Waals surface area contributed by atoms with Crippen molar-refractivity contribution in [2.75, 3.05) is 19.1 Å². The molecule has 0 saturated carbocycles. The number of allylic oxidation sites excluding steroid dienone is 2. The van der Waals surface area contributed by atoms with Gasteiger partial charge in [-0.3, -0.25) is 14.5 Å². The summed E-state index contributed by atoms with van der Waals surface area (Å²) in [6.07, 6.45) is 2.17. The molecule has 1 atom stereocenters. The molecular weight excluding hydrogens is 402 g/mol. The highest BCUT2D eigenvalue weighted by Gasteiger charge is 2.41. The molecule has 5 rings (SSSR count). The summed E-state index contributed by atoms with van der Waals surface area (Å²) >= 11 is 0. The largest absolute Gasteiger partial charge is 0.497 e. The first-order chi connectivity index (χ1) is 15.6. The molecule has 5 heteroatoms. The second-order valence-corrected chi connectivity index (χ2v) is 8.23. The summed E-state index contributed by atoms with van der Waals surface area (Å²) in [5.41, 5.74) is 3.27. The predicted molar refractivity (Wildman–Crippen MR) is 124 cm³/mol. The first-order valence-corrected chi connectivity index (χ1v) is 10.9. The van der Waals surface area contributed by atoms with Crippen LogP contribution in [-0.2, 0) is 9.59 Å². The molecule has 0 N–H and O–H groups in total. The quantitative estimate of drug-likeness (QED) is 0.561. The Morgan fingerprint density at radius 2 is 1.72 bits per heavy atom. The van der Waals surface area contributed by atoms with Gasteiger partial charge in [-0.05, 0) is 30.4 Å². The maximum absolute atomic E-state index is 13.6.